The van der Waals surface area contributed by atoms with Crippen molar-refractivity contribution in [3.05, 3.63) is 29.6 Å². The first-order chi connectivity index (χ1) is 9.06. The van der Waals surface area contributed by atoms with Crippen molar-refractivity contribution in [2.24, 2.45) is 11.8 Å². The third-order valence-corrected chi connectivity index (χ3v) is 4.17. The normalized spacial score (nSPS) is 29.3. The topological polar surface area (TPSA) is 61.4 Å². The van der Waals surface area contributed by atoms with Gasteiger partial charge in [0.2, 0.25) is 0 Å². The van der Waals surface area contributed by atoms with Gasteiger partial charge in [-0.05, 0) is 36.5 Å². The summed E-state index contributed by atoms with van der Waals surface area (Å²) in [5.74, 6) is 0.426. The summed E-state index contributed by atoms with van der Waals surface area (Å²) in [7, 11) is 0. The first-order valence-corrected chi connectivity index (χ1v) is 6.61. The number of benzene rings is 1. The van der Waals surface area contributed by atoms with Crippen molar-refractivity contribution in [2.75, 3.05) is 5.32 Å². The average molecular weight is 264 g/mol. The zero-order chi connectivity index (χ0) is 13.6. The van der Waals surface area contributed by atoms with E-state index in [-0.39, 0.29) is 23.8 Å². The molecule has 4 nitrogen and oxygen atoms in total. The van der Waals surface area contributed by atoms with Crippen molar-refractivity contribution in [3.63, 3.8) is 0 Å². The molecule has 102 valence electrons. The Balaban J connectivity index is 1.98. The average Bonchev–Trinajstić information content (AvgIpc) is 3.16. The Morgan fingerprint density at radius 2 is 2.21 bits per heavy atom. The van der Waals surface area contributed by atoms with Crippen LogP contribution < -0.4 is 10.6 Å². The van der Waals surface area contributed by atoms with Gasteiger partial charge in [0.1, 0.15) is 5.82 Å². The SMILES string of the molecule is C[C@@H]1[C@@H](C2CC2)Nc2cc(F)ccc2[C@@H]1NC(=O)O. The smallest absolute Gasteiger partial charge is 0.405 e. The first-order valence-electron chi connectivity index (χ1n) is 6.61. The quantitative estimate of drug-likeness (QED) is 0.769. The van der Waals surface area contributed by atoms with Crippen molar-refractivity contribution >= 4 is 11.8 Å². The minimum Gasteiger partial charge on any atom is -0.465 e. The summed E-state index contributed by atoms with van der Waals surface area (Å²) in [6, 6.07) is 4.43. The summed E-state index contributed by atoms with van der Waals surface area (Å²) in [5, 5.41) is 15.0. The van der Waals surface area contributed by atoms with Crippen LogP contribution in [0.25, 0.3) is 0 Å². The van der Waals surface area contributed by atoms with Gasteiger partial charge in [-0.25, -0.2) is 9.18 Å². The standard InChI is InChI=1S/C14H17FN2O2/c1-7-12(8-2-3-8)16-11-6-9(15)4-5-10(11)13(7)17-14(18)19/h4-8,12-13,16-17H,2-3H2,1H3,(H,18,19)/t7-,12+,13-/m1/s1. The molecular weight excluding hydrogens is 247 g/mol. The highest BCUT2D eigenvalue weighted by atomic mass is 19.1. The van der Waals surface area contributed by atoms with E-state index in [4.69, 9.17) is 5.11 Å². The molecule has 1 aromatic rings. The van der Waals surface area contributed by atoms with E-state index in [1.807, 2.05) is 6.92 Å². The van der Waals surface area contributed by atoms with Gasteiger partial charge in [-0.3, -0.25) is 0 Å². The molecule has 0 unspecified atom stereocenters. The van der Waals surface area contributed by atoms with Gasteiger partial charge in [-0.15, -0.1) is 0 Å². The van der Waals surface area contributed by atoms with Gasteiger partial charge in [0.15, 0.2) is 0 Å². The van der Waals surface area contributed by atoms with Crippen LogP contribution in [0.5, 0.6) is 0 Å². The zero-order valence-corrected chi connectivity index (χ0v) is 10.7. The maximum absolute atomic E-state index is 13.3. The zero-order valence-electron chi connectivity index (χ0n) is 10.7. The van der Waals surface area contributed by atoms with Crippen LogP contribution in [0, 0.1) is 17.7 Å². The van der Waals surface area contributed by atoms with Crippen LogP contribution in [0.3, 0.4) is 0 Å². The van der Waals surface area contributed by atoms with Crippen molar-refractivity contribution in [2.45, 2.75) is 31.8 Å². The number of halogens is 1. The molecule has 1 amide bonds. The summed E-state index contributed by atoms with van der Waals surface area (Å²) in [4.78, 5) is 11.0. The summed E-state index contributed by atoms with van der Waals surface area (Å²) in [6.45, 7) is 2.04. The molecule has 1 aromatic carbocycles. The maximum Gasteiger partial charge on any atom is 0.405 e. The number of hydrogen-bond donors (Lipinski definition) is 3. The number of amides is 1. The largest absolute Gasteiger partial charge is 0.465 e. The lowest BCUT2D eigenvalue weighted by molar-refractivity contribution is 0.181. The first kappa shape index (κ1) is 12.3. The second-order valence-corrected chi connectivity index (χ2v) is 5.53. The number of anilines is 1. The highest BCUT2D eigenvalue weighted by Gasteiger charge is 2.42. The number of nitrogens with one attached hydrogen (secondary N) is 2. The van der Waals surface area contributed by atoms with E-state index in [2.05, 4.69) is 10.6 Å². The summed E-state index contributed by atoms with van der Waals surface area (Å²) >= 11 is 0. The van der Waals surface area contributed by atoms with Gasteiger partial charge >= 0.3 is 6.09 Å². The Morgan fingerprint density at radius 1 is 1.47 bits per heavy atom. The van der Waals surface area contributed by atoms with E-state index in [0.717, 1.165) is 18.4 Å². The number of rotatable bonds is 2. The van der Waals surface area contributed by atoms with Crippen LogP contribution in [-0.4, -0.2) is 17.2 Å². The molecule has 5 heteroatoms. The summed E-state index contributed by atoms with van der Waals surface area (Å²) in [5.41, 5.74) is 1.54. The predicted octanol–water partition coefficient (Wildman–Crippen LogP) is 2.97. The molecule has 0 aromatic heterocycles. The molecule has 2 aliphatic rings. The fourth-order valence-corrected chi connectivity index (χ4v) is 3.07. The predicted molar refractivity (Wildman–Crippen MR) is 69.6 cm³/mol. The molecule has 19 heavy (non-hydrogen) atoms. The highest BCUT2D eigenvalue weighted by Crippen LogP contribution is 2.45. The van der Waals surface area contributed by atoms with E-state index in [1.165, 1.54) is 12.1 Å². The molecular formula is C14H17FN2O2. The second-order valence-electron chi connectivity index (χ2n) is 5.53. The summed E-state index contributed by atoms with van der Waals surface area (Å²) in [6.07, 6.45) is 1.28. The molecule has 3 N–H and O–H groups in total. The Morgan fingerprint density at radius 3 is 2.84 bits per heavy atom. The fourth-order valence-electron chi connectivity index (χ4n) is 3.07. The molecule has 0 radical (unpaired) electrons. The molecule has 3 rings (SSSR count). The van der Waals surface area contributed by atoms with Gasteiger partial charge in [0.25, 0.3) is 0 Å². The van der Waals surface area contributed by atoms with Crippen LogP contribution in [0.1, 0.15) is 31.4 Å². The molecule has 1 heterocycles. The molecule has 0 bridgehead atoms. The van der Waals surface area contributed by atoms with Crippen molar-refractivity contribution in [1.29, 1.82) is 0 Å². The Kier molecular flexibility index (Phi) is 2.84. The Labute approximate surface area is 111 Å². The van der Waals surface area contributed by atoms with Gasteiger partial charge in [-0.1, -0.05) is 13.0 Å². The van der Waals surface area contributed by atoms with Crippen LogP contribution in [-0.2, 0) is 0 Å². The third kappa shape index (κ3) is 2.25. The van der Waals surface area contributed by atoms with Crippen molar-refractivity contribution in [1.82, 2.24) is 5.32 Å². The Hall–Kier alpha value is -1.78. The lowest BCUT2D eigenvalue weighted by Crippen LogP contribution is -2.44. The van der Waals surface area contributed by atoms with Gasteiger partial charge < -0.3 is 15.7 Å². The minimum absolute atomic E-state index is 0.154. The molecule has 1 saturated carbocycles. The number of carboxylic acid groups (broad SMARTS) is 1. The van der Waals surface area contributed by atoms with E-state index < -0.39 is 6.09 Å². The molecule has 0 spiro atoms. The number of hydrogen-bond acceptors (Lipinski definition) is 2. The van der Waals surface area contributed by atoms with Crippen molar-refractivity contribution in [3.8, 4) is 0 Å². The van der Waals surface area contributed by atoms with Crippen LogP contribution in [0.15, 0.2) is 18.2 Å². The van der Waals surface area contributed by atoms with E-state index >= 15 is 0 Å². The highest BCUT2D eigenvalue weighted by molar-refractivity contribution is 5.67. The van der Waals surface area contributed by atoms with E-state index in [9.17, 15) is 9.18 Å². The summed E-state index contributed by atoms with van der Waals surface area (Å²) < 4.78 is 13.3. The molecule has 1 fully saturated rings. The van der Waals surface area contributed by atoms with Crippen molar-refractivity contribution < 1.29 is 14.3 Å². The Bertz CT molecular complexity index is 516. The van der Waals surface area contributed by atoms with E-state index in [0.29, 0.717) is 11.6 Å². The van der Waals surface area contributed by atoms with Gasteiger partial charge in [0.05, 0.1) is 6.04 Å². The second kappa shape index (κ2) is 4.40. The lowest BCUT2D eigenvalue weighted by Gasteiger charge is -2.39. The third-order valence-electron chi connectivity index (χ3n) is 4.17. The van der Waals surface area contributed by atoms with Gasteiger partial charge in [-0.2, -0.15) is 0 Å². The maximum atomic E-state index is 13.3. The van der Waals surface area contributed by atoms with Gasteiger partial charge in [0, 0.05) is 17.6 Å². The molecule has 1 aliphatic carbocycles. The minimum atomic E-state index is -1.04. The van der Waals surface area contributed by atoms with Crippen LogP contribution in [0.4, 0.5) is 14.9 Å². The number of carbonyl (C=O) groups is 1. The fraction of sp³-hybridized carbons (Fsp3) is 0.500. The monoisotopic (exact) mass is 264 g/mol. The molecule has 0 saturated heterocycles. The van der Waals surface area contributed by atoms with Crippen LogP contribution in [0.2, 0.25) is 0 Å². The molecule has 1 aliphatic heterocycles. The molecule has 3 atom stereocenters. The lowest BCUT2D eigenvalue weighted by atomic mass is 9.81. The van der Waals surface area contributed by atoms with E-state index in [1.54, 1.807) is 6.07 Å². The van der Waals surface area contributed by atoms with Crippen LogP contribution >= 0.6 is 0 Å². The number of fused-ring (bicyclic) bond motifs is 1.